The fraction of sp³-hybridized carbons (Fsp3) is 0.417. The molecule has 7 heteroatoms. The molecule has 2 aromatic carbocycles. The molecular weight excluding hydrogens is 396 g/mol. The van der Waals surface area contributed by atoms with E-state index in [4.69, 9.17) is 14.3 Å². The van der Waals surface area contributed by atoms with Crippen LogP contribution in [0.15, 0.2) is 60.7 Å². The van der Waals surface area contributed by atoms with Gasteiger partial charge in [0.15, 0.2) is 0 Å². The zero-order valence-corrected chi connectivity index (χ0v) is 17.7. The highest BCUT2D eigenvalue weighted by atomic mass is 16.7. The summed E-state index contributed by atoms with van der Waals surface area (Å²) in [6, 6.07) is 18.8. The van der Waals surface area contributed by atoms with Crippen LogP contribution < -0.4 is 0 Å². The van der Waals surface area contributed by atoms with Gasteiger partial charge in [-0.05, 0) is 17.5 Å². The maximum Gasteiger partial charge on any atom is 0.344 e. The molecule has 0 spiro atoms. The quantitative estimate of drug-likeness (QED) is 0.577. The van der Waals surface area contributed by atoms with Crippen LogP contribution in [0, 0.1) is 5.92 Å². The number of esters is 1. The molecule has 0 aromatic heterocycles. The molecule has 0 N–H and O–H groups in total. The predicted octanol–water partition coefficient (Wildman–Crippen LogP) is 3.39. The van der Waals surface area contributed by atoms with Crippen molar-refractivity contribution < 1.29 is 23.9 Å². The van der Waals surface area contributed by atoms with E-state index in [1.807, 2.05) is 60.7 Å². The Kier molecular flexibility index (Phi) is 6.84. The lowest BCUT2D eigenvalue weighted by atomic mass is 9.87. The van der Waals surface area contributed by atoms with E-state index in [1.165, 1.54) is 5.06 Å². The number of carbonyl (C=O) groups excluding carboxylic acids is 2. The van der Waals surface area contributed by atoms with Gasteiger partial charge >= 0.3 is 12.0 Å². The molecule has 164 valence electrons. The van der Waals surface area contributed by atoms with Crippen LogP contribution in [0.4, 0.5) is 4.79 Å². The molecule has 0 saturated carbocycles. The van der Waals surface area contributed by atoms with Crippen molar-refractivity contribution in [1.29, 1.82) is 0 Å². The highest BCUT2D eigenvalue weighted by Gasteiger charge is 2.50. The summed E-state index contributed by atoms with van der Waals surface area (Å²) in [5, 5.41) is 1.48. The summed E-state index contributed by atoms with van der Waals surface area (Å²) in [5.74, 6) is -0.213. The van der Waals surface area contributed by atoms with Crippen LogP contribution in [0.2, 0.25) is 0 Å². The van der Waals surface area contributed by atoms with Crippen LogP contribution >= 0.6 is 0 Å². The van der Waals surface area contributed by atoms with Crippen molar-refractivity contribution >= 4 is 12.0 Å². The normalized spacial score (nSPS) is 22.6. The van der Waals surface area contributed by atoms with Gasteiger partial charge in [0.05, 0.1) is 19.1 Å². The zero-order valence-electron chi connectivity index (χ0n) is 17.7. The third-order valence-electron chi connectivity index (χ3n) is 5.92. The average Bonchev–Trinajstić information content (AvgIpc) is 3.08. The Labute approximate surface area is 182 Å². The molecule has 2 saturated heterocycles. The smallest absolute Gasteiger partial charge is 0.344 e. The molecule has 2 bridgehead atoms. The van der Waals surface area contributed by atoms with Crippen molar-refractivity contribution in [3.63, 3.8) is 0 Å². The largest absolute Gasteiger partial charge is 0.461 e. The summed E-state index contributed by atoms with van der Waals surface area (Å²) in [5.41, 5.74) is 1.94. The van der Waals surface area contributed by atoms with Crippen LogP contribution in [0.5, 0.6) is 0 Å². The highest BCUT2D eigenvalue weighted by Crippen LogP contribution is 2.36. The average molecular weight is 424 g/mol. The number of nitrogens with zero attached hydrogens (tertiary/aromatic N) is 2. The molecule has 31 heavy (non-hydrogen) atoms. The SMILES string of the molecule is COCC1CC(CC(=O)OCc2ccccc2)N2CC1N(OCc1ccccc1)C2=O. The van der Waals surface area contributed by atoms with Crippen LogP contribution in [0.25, 0.3) is 0 Å². The van der Waals surface area contributed by atoms with Crippen LogP contribution in [0.1, 0.15) is 24.0 Å². The molecule has 3 unspecified atom stereocenters. The van der Waals surface area contributed by atoms with Gasteiger partial charge in [-0.25, -0.2) is 4.79 Å². The van der Waals surface area contributed by atoms with Crippen molar-refractivity contribution in [3.8, 4) is 0 Å². The summed E-state index contributed by atoms with van der Waals surface area (Å²) in [4.78, 5) is 33.2. The molecule has 7 nitrogen and oxygen atoms in total. The summed E-state index contributed by atoms with van der Waals surface area (Å²) >= 11 is 0. The fourth-order valence-electron chi connectivity index (χ4n) is 4.35. The third-order valence-corrected chi connectivity index (χ3v) is 5.92. The lowest BCUT2D eigenvalue weighted by molar-refractivity contribution is -0.154. The number of ether oxygens (including phenoxy) is 2. The lowest BCUT2D eigenvalue weighted by Crippen LogP contribution is -2.46. The van der Waals surface area contributed by atoms with Gasteiger partial charge in [-0.1, -0.05) is 60.7 Å². The minimum absolute atomic E-state index is 0.0900. The van der Waals surface area contributed by atoms with Crippen LogP contribution in [-0.2, 0) is 32.3 Å². The molecule has 3 atom stereocenters. The van der Waals surface area contributed by atoms with Crippen molar-refractivity contribution in [3.05, 3.63) is 71.8 Å². The van der Waals surface area contributed by atoms with Gasteiger partial charge in [-0.2, -0.15) is 5.06 Å². The number of hydroxylamine groups is 2. The molecule has 0 radical (unpaired) electrons. The van der Waals surface area contributed by atoms with Gasteiger partial charge in [-0.15, -0.1) is 0 Å². The number of methoxy groups -OCH3 is 1. The first-order valence-corrected chi connectivity index (χ1v) is 10.6. The van der Waals surface area contributed by atoms with E-state index in [1.54, 1.807) is 12.0 Å². The van der Waals surface area contributed by atoms with E-state index >= 15 is 0 Å². The number of benzene rings is 2. The number of piperidine rings is 1. The van der Waals surface area contributed by atoms with Gasteiger partial charge in [-0.3, -0.25) is 9.63 Å². The minimum Gasteiger partial charge on any atom is -0.461 e. The first-order chi connectivity index (χ1) is 15.2. The topological polar surface area (TPSA) is 68.3 Å². The first-order valence-electron chi connectivity index (χ1n) is 10.6. The van der Waals surface area contributed by atoms with Gasteiger partial charge < -0.3 is 14.4 Å². The molecule has 2 aromatic rings. The zero-order chi connectivity index (χ0) is 21.6. The monoisotopic (exact) mass is 424 g/mol. The van der Waals surface area contributed by atoms with E-state index in [2.05, 4.69) is 0 Å². The number of rotatable bonds is 9. The molecule has 4 rings (SSSR count). The lowest BCUT2D eigenvalue weighted by Gasteiger charge is -2.35. The molecule has 0 aliphatic carbocycles. The second-order valence-electron chi connectivity index (χ2n) is 8.04. The van der Waals surface area contributed by atoms with E-state index in [-0.39, 0.29) is 43.0 Å². The summed E-state index contributed by atoms with van der Waals surface area (Å²) in [7, 11) is 1.65. The number of carbonyl (C=O) groups is 2. The highest BCUT2D eigenvalue weighted by molar-refractivity contribution is 5.78. The van der Waals surface area contributed by atoms with E-state index < -0.39 is 0 Å². The third kappa shape index (κ3) is 5.06. The Bertz CT molecular complexity index is 876. The molecule has 2 aliphatic heterocycles. The molecule has 2 aliphatic rings. The van der Waals surface area contributed by atoms with Gasteiger partial charge in [0.1, 0.15) is 13.2 Å². The predicted molar refractivity (Wildman–Crippen MR) is 114 cm³/mol. The Morgan fingerprint density at radius 1 is 1.00 bits per heavy atom. The standard InChI is InChI=1S/C24H28N2O5/c1-29-17-20-12-21(13-23(27)30-15-18-8-4-2-5-9-18)25-14-22(20)26(24(25)28)31-16-19-10-6-3-7-11-19/h2-11,20-22H,12-17H2,1H3. The van der Waals surface area contributed by atoms with Crippen molar-refractivity contribution in [2.75, 3.05) is 20.3 Å². The summed E-state index contributed by atoms with van der Waals surface area (Å²) in [6.45, 7) is 1.59. The second-order valence-corrected chi connectivity index (χ2v) is 8.04. The van der Waals surface area contributed by atoms with Crippen molar-refractivity contribution in [2.24, 2.45) is 5.92 Å². The van der Waals surface area contributed by atoms with E-state index in [0.717, 1.165) is 11.1 Å². The molecule has 2 fully saturated rings. The molecular formula is C24H28N2O5. The Morgan fingerprint density at radius 2 is 1.65 bits per heavy atom. The van der Waals surface area contributed by atoms with Crippen molar-refractivity contribution in [2.45, 2.75) is 38.1 Å². The summed E-state index contributed by atoms with van der Waals surface area (Å²) in [6.07, 6.45) is 0.841. The number of urea groups is 1. The number of hydrogen-bond acceptors (Lipinski definition) is 5. The Morgan fingerprint density at radius 3 is 2.29 bits per heavy atom. The van der Waals surface area contributed by atoms with Gasteiger partial charge in [0.2, 0.25) is 0 Å². The second kappa shape index (κ2) is 9.94. The number of hydrogen-bond donors (Lipinski definition) is 0. The molecule has 2 heterocycles. The van der Waals surface area contributed by atoms with Gasteiger partial charge in [0, 0.05) is 25.6 Å². The molecule has 2 amide bonds. The summed E-state index contributed by atoms with van der Waals surface area (Å²) < 4.78 is 10.9. The maximum absolute atomic E-state index is 13.1. The van der Waals surface area contributed by atoms with Crippen LogP contribution in [-0.4, -0.2) is 54.3 Å². The Balaban J connectivity index is 1.38. The minimum atomic E-state index is -0.306. The maximum atomic E-state index is 13.1. The van der Waals surface area contributed by atoms with E-state index in [0.29, 0.717) is 26.2 Å². The van der Waals surface area contributed by atoms with Gasteiger partial charge in [0.25, 0.3) is 0 Å². The number of fused-ring (bicyclic) bond motifs is 2. The van der Waals surface area contributed by atoms with Crippen LogP contribution in [0.3, 0.4) is 0 Å². The first kappa shape index (κ1) is 21.3. The number of amides is 2. The van der Waals surface area contributed by atoms with Crippen molar-refractivity contribution in [1.82, 2.24) is 9.96 Å². The fourth-order valence-corrected chi connectivity index (χ4v) is 4.35. The Hall–Kier alpha value is -2.90. The van der Waals surface area contributed by atoms with E-state index in [9.17, 15) is 9.59 Å².